The number of hydrogen-bond donors (Lipinski definition) is 1. The second kappa shape index (κ2) is 4.53. The highest BCUT2D eigenvalue weighted by Gasteiger charge is 2.17. The van der Waals surface area contributed by atoms with E-state index in [1.807, 2.05) is 13.8 Å². The van der Waals surface area contributed by atoms with E-state index in [2.05, 4.69) is 10.3 Å². The molecular formula is C12H14FN3O. The molecule has 5 heteroatoms. The first-order chi connectivity index (χ1) is 8.17. The largest absolute Gasteiger partial charge is 0.351 e. The molecule has 1 N–H and O–H groups in total. The summed E-state index contributed by atoms with van der Waals surface area (Å²) >= 11 is 0. The van der Waals surface area contributed by atoms with Crippen molar-refractivity contribution in [2.75, 3.05) is 6.54 Å². The summed E-state index contributed by atoms with van der Waals surface area (Å²) in [5.41, 5.74) is 1.69. The maximum absolute atomic E-state index is 13.2. The standard InChI is InChI=1S/C12H14FN3O/c1-3-9-11(12(17)14-4-2)16-7-8(13)5-6-10(16)15-9/h5-7H,3-4H2,1-2H3,(H,14,17). The molecule has 2 rings (SSSR count). The van der Waals surface area contributed by atoms with E-state index in [-0.39, 0.29) is 11.7 Å². The molecule has 0 fully saturated rings. The molecule has 17 heavy (non-hydrogen) atoms. The van der Waals surface area contributed by atoms with Gasteiger partial charge < -0.3 is 5.32 Å². The first-order valence-electron chi connectivity index (χ1n) is 5.62. The van der Waals surface area contributed by atoms with E-state index in [9.17, 15) is 9.18 Å². The van der Waals surface area contributed by atoms with Gasteiger partial charge in [0, 0.05) is 12.7 Å². The molecule has 0 aliphatic carbocycles. The molecule has 0 unspecified atom stereocenters. The van der Waals surface area contributed by atoms with Crippen LogP contribution in [0.3, 0.4) is 0 Å². The van der Waals surface area contributed by atoms with Crippen molar-refractivity contribution < 1.29 is 9.18 Å². The van der Waals surface area contributed by atoms with Gasteiger partial charge in [0.15, 0.2) is 0 Å². The maximum atomic E-state index is 13.2. The normalized spacial score (nSPS) is 10.8. The molecule has 0 saturated heterocycles. The molecule has 2 aromatic rings. The molecule has 4 nitrogen and oxygen atoms in total. The lowest BCUT2D eigenvalue weighted by Gasteiger charge is -2.03. The zero-order valence-electron chi connectivity index (χ0n) is 9.83. The van der Waals surface area contributed by atoms with Gasteiger partial charge in [-0.3, -0.25) is 9.20 Å². The predicted octanol–water partition coefficient (Wildman–Crippen LogP) is 1.79. The maximum Gasteiger partial charge on any atom is 0.270 e. The van der Waals surface area contributed by atoms with E-state index >= 15 is 0 Å². The Labute approximate surface area is 98.5 Å². The van der Waals surface area contributed by atoms with Crippen molar-refractivity contribution in [2.45, 2.75) is 20.3 Å². The number of carbonyl (C=O) groups is 1. The van der Waals surface area contributed by atoms with Crippen molar-refractivity contribution >= 4 is 11.6 Å². The zero-order valence-corrected chi connectivity index (χ0v) is 9.83. The number of nitrogens with one attached hydrogen (secondary N) is 1. The molecule has 0 radical (unpaired) electrons. The lowest BCUT2D eigenvalue weighted by atomic mass is 10.2. The average Bonchev–Trinajstić information content (AvgIpc) is 2.66. The third kappa shape index (κ3) is 2.00. The number of nitrogens with zero attached hydrogens (tertiary/aromatic N) is 2. The first kappa shape index (κ1) is 11.6. The third-order valence-electron chi connectivity index (χ3n) is 2.54. The topological polar surface area (TPSA) is 46.4 Å². The Bertz CT molecular complexity index is 562. The van der Waals surface area contributed by atoms with E-state index in [1.165, 1.54) is 16.7 Å². The van der Waals surface area contributed by atoms with Gasteiger partial charge in [-0.25, -0.2) is 9.37 Å². The Morgan fingerprint density at radius 3 is 2.88 bits per heavy atom. The summed E-state index contributed by atoms with van der Waals surface area (Å²) in [6, 6.07) is 2.90. The highest BCUT2D eigenvalue weighted by atomic mass is 19.1. The number of carbonyl (C=O) groups excluding carboxylic acids is 1. The van der Waals surface area contributed by atoms with Crippen LogP contribution >= 0.6 is 0 Å². The smallest absolute Gasteiger partial charge is 0.270 e. The fraction of sp³-hybridized carbons (Fsp3) is 0.333. The minimum atomic E-state index is -0.386. The molecule has 2 aromatic heterocycles. The predicted molar refractivity (Wildman–Crippen MR) is 62.5 cm³/mol. The fourth-order valence-corrected chi connectivity index (χ4v) is 1.80. The summed E-state index contributed by atoms with van der Waals surface area (Å²) in [5, 5.41) is 2.71. The average molecular weight is 235 g/mol. The number of imidazole rings is 1. The quantitative estimate of drug-likeness (QED) is 0.881. The van der Waals surface area contributed by atoms with Gasteiger partial charge >= 0.3 is 0 Å². The van der Waals surface area contributed by atoms with Gasteiger partial charge in [-0.15, -0.1) is 0 Å². The molecule has 0 saturated carbocycles. The second-order valence-electron chi connectivity index (χ2n) is 3.70. The number of amides is 1. The highest BCUT2D eigenvalue weighted by molar-refractivity contribution is 5.94. The van der Waals surface area contributed by atoms with E-state index in [1.54, 1.807) is 6.07 Å². The van der Waals surface area contributed by atoms with Crippen molar-refractivity contribution in [3.8, 4) is 0 Å². The van der Waals surface area contributed by atoms with Crippen molar-refractivity contribution in [1.82, 2.24) is 14.7 Å². The van der Waals surface area contributed by atoms with Crippen LogP contribution in [-0.2, 0) is 6.42 Å². The Morgan fingerprint density at radius 1 is 1.47 bits per heavy atom. The third-order valence-corrected chi connectivity index (χ3v) is 2.54. The summed E-state index contributed by atoms with van der Waals surface area (Å²) in [6.45, 7) is 4.29. The van der Waals surface area contributed by atoms with Gasteiger partial charge in [-0.2, -0.15) is 0 Å². The van der Waals surface area contributed by atoms with E-state index < -0.39 is 0 Å². The van der Waals surface area contributed by atoms with Gasteiger partial charge in [0.25, 0.3) is 5.91 Å². The van der Waals surface area contributed by atoms with Gasteiger partial charge in [-0.05, 0) is 25.5 Å². The molecule has 0 aromatic carbocycles. The molecule has 0 spiro atoms. The van der Waals surface area contributed by atoms with Gasteiger partial charge in [0.2, 0.25) is 0 Å². The summed E-state index contributed by atoms with van der Waals surface area (Å²) in [4.78, 5) is 16.2. The number of hydrogen-bond acceptors (Lipinski definition) is 2. The zero-order chi connectivity index (χ0) is 12.4. The van der Waals surface area contributed by atoms with Crippen LogP contribution in [0.1, 0.15) is 30.0 Å². The Hall–Kier alpha value is -1.91. The summed E-state index contributed by atoms with van der Waals surface area (Å²) < 4.78 is 14.7. The van der Waals surface area contributed by atoms with Crippen LogP contribution < -0.4 is 5.32 Å². The van der Waals surface area contributed by atoms with Crippen LogP contribution in [0.4, 0.5) is 4.39 Å². The summed E-state index contributed by atoms with van der Waals surface area (Å²) in [6.07, 6.45) is 1.92. The Kier molecular flexibility index (Phi) is 3.08. The fourth-order valence-electron chi connectivity index (χ4n) is 1.80. The minimum absolute atomic E-state index is 0.220. The van der Waals surface area contributed by atoms with E-state index in [4.69, 9.17) is 0 Å². The SMILES string of the molecule is CCNC(=O)c1c(CC)nc2ccc(F)cn12. The van der Waals surface area contributed by atoms with Crippen LogP contribution in [0.2, 0.25) is 0 Å². The highest BCUT2D eigenvalue weighted by Crippen LogP contribution is 2.14. The second-order valence-corrected chi connectivity index (χ2v) is 3.70. The van der Waals surface area contributed by atoms with Crippen LogP contribution in [0, 0.1) is 5.82 Å². The molecule has 0 atom stereocenters. The van der Waals surface area contributed by atoms with Crippen molar-refractivity contribution in [1.29, 1.82) is 0 Å². The van der Waals surface area contributed by atoms with Gasteiger partial charge in [-0.1, -0.05) is 6.92 Å². The Morgan fingerprint density at radius 2 is 2.24 bits per heavy atom. The monoisotopic (exact) mass is 235 g/mol. The molecule has 0 bridgehead atoms. The molecule has 1 amide bonds. The molecule has 2 heterocycles. The lowest BCUT2D eigenvalue weighted by molar-refractivity contribution is 0.0949. The number of fused-ring (bicyclic) bond motifs is 1. The van der Waals surface area contributed by atoms with Gasteiger partial charge in [0.1, 0.15) is 17.2 Å². The minimum Gasteiger partial charge on any atom is -0.351 e. The molecule has 0 aliphatic rings. The van der Waals surface area contributed by atoms with Crippen LogP contribution in [0.5, 0.6) is 0 Å². The first-order valence-corrected chi connectivity index (χ1v) is 5.62. The van der Waals surface area contributed by atoms with Gasteiger partial charge in [0.05, 0.1) is 5.69 Å². The van der Waals surface area contributed by atoms with Crippen LogP contribution in [0.15, 0.2) is 18.3 Å². The molecule has 0 aliphatic heterocycles. The lowest BCUT2D eigenvalue weighted by Crippen LogP contribution is -2.25. The number of aryl methyl sites for hydroxylation is 1. The molecular weight excluding hydrogens is 221 g/mol. The summed E-state index contributed by atoms with van der Waals surface area (Å²) in [7, 11) is 0. The van der Waals surface area contributed by atoms with E-state index in [0.29, 0.717) is 30.0 Å². The van der Waals surface area contributed by atoms with Crippen LogP contribution in [-0.4, -0.2) is 21.8 Å². The van der Waals surface area contributed by atoms with E-state index in [0.717, 1.165) is 0 Å². The van der Waals surface area contributed by atoms with Crippen molar-refractivity contribution in [3.63, 3.8) is 0 Å². The Balaban J connectivity index is 2.64. The number of aromatic nitrogens is 2. The number of rotatable bonds is 3. The molecule has 90 valence electrons. The number of halogens is 1. The summed E-state index contributed by atoms with van der Waals surface area (Å²) in [5.74, 6) is -0.606. The van der Waals surface area contributed by atoms with Crippen molar-refractivity contribution in [2.24, 2.45) is 0 Å². The number of pyridine rings is 1. The van der Waals surface area contributed by atoms with Crippen LogP contribution in [0.25, 0.3) is 5.65 Å². The van der Waals surface area contributed by atoms with Crippen molar-refractivity contribution in [3.05, 3.63) is 35.5 Å².